The molecule has 3 heterocycles. The molecule has 1 aromatic carbocycles. The van der Waals surface area contributed by atoms with Gasteiger partial charge in [-0.15, -0.1) is 0 Å². The van der Waals surface area contributed by atoms with Crippen LogP contribution >= 0.6 is 0 Å². The van der Waals surface area contributed by atoms with E-state index in [4.69, 9.17) is 0 Å². The molecular formula is C24H37N5O4S. The molecule has 0 bridgehead atoms. The third-order valence-electron chi connectivity index (χ3n) is 7.63. The van der Waals surface area contributed by atoms with Crippen LogP contribution in [0.15, 0.2) is 29.2 Å². The molecule has 3 aliphatic heterocycles. The van der Waals surface area contributed by atoms with E-state index in [1.807, 2.05) is 17.0 Å². The first-order valence-electron chi connectivity index (χ1n) is 12.1. The number of likely N-dealkylation sites (tertiary alicyclic amines) is 1. The van der Waals surface area contributed by atoms with Gasteiger partial charge in [-0.3, -0.25) is 19.4 Å². The molecule has 3 saturated heterocycles. The van der Waals surface area contributed by atoms with Gasteiger partial charge in [0.2, 0.25) is 11.8 Å². The Bertz CT molecular complexity index is 991. The van der Waals surface area contributed by atoms with Crippen LogP contribution in [-0.2, 0) is 26.0 Å². The predicted octanol–water partition coefficient (Wildman–Crippen LogP) is 0.0174. The second-order valence-electron chi connectivity index (χ2n) is 9.97. The van der Waals surface area contributed by atoms with Crippen LogP contribution in [0.4, 0.5) is 0 Å². The van der Waals surface area contributed by atoms with E-state index in [0.29, 0.717) is 24.4 Å². The molecule has 3 aliphatic rings. The summed E-state index contributed by atoms with van der Waals surface area (Å²) in [6.07, 6.45) is 3.33. The van der Waals surface area contributed by atoms with E-state index in [1.54, 1.807) is 12.1 Å². The molecule has 0 unspecified atom stereocenters. The van der Waals surface area contributed by atoms with Crippen LogP contribution in [-0.4, -0.2) is 118 Å². The lowest BCUT2D eigenvalue weighted by Crippen LogP contribution is -2.50. The zero-order valence-corrected chi connectivity index (χ0v) is 21.3. The monoisotopic (exact) mass is 491 g/mol. The number of amides is 2. The highest BCUT2D eigenvalue weighted by Gasteiger charge is 2.45. The van der Waals surface area contributed by atoms with Gasteiger partial charge in [0.15, 0.2) is 9.84 Å². The summed E-state index contributed by atoms with van der Waals surface area (Å²) in [5, 5.41) is 3.12. The van der Waals surface area contributed by atoms with Crippen molar-refractivity contribution in [3.05, 3.63) is 29.8 Å². The summed E-state index contributed by atoms with van der Waals surface area (Å²) >= 11 is 0. The van der Waals surface area contributed by atoms with Crippen molar-refractivity contribution in [2.24, 2.45) is 0 Å². The topological polar surface area (TPSA) is 93.3 Å². The fourth-order valence-corrected chi connectivity index (χ4v) is 6.04. The number of benzene rings is 1. The maximum Gasteiger partial charge on any atom is 0.239 e. The molecule has 9 nitrogen and oxygen atoms in total. The molecule has 3 atom stereocenters. The van der Waals surface area contributed by atoms with Gasteiger partial charge >= 0.3 is 0 Å². The van der Waals surface area contributed by atoms with Crippen LogP contribution < -0.4 is 5.32 Å². The molecule has 10 heteroatoms. The molecule has 0 radical (unpaired) electrons. The minimum Gasteiger partial charge on any atom is -0.353 e. The summed E-state index contributed by atoms with van der Waals surface area (Å²) < 4.78 is 23.5. The number of piperazine rings is 1. The number of sulfone groups is 1. The number of rotatable bonds is 6. The van der Waals surface area contributed by atoms with Crippen molar-refractivity contribution in [1.29, 1.82) is 0 Å². The molecule has 4 rings (SSSR count). The Kier molecular flexibility index (Phi) is 7.61. The number of hydrogen-bond acceptors (Lipinski definition) is 7. The second-order valence-corrected chi connectivity index (χ2v) is 12.0. The zero-order chi connectivity index (χ0) is 24.5. The minimum absolute atomic E-state index is 0.0370. The third-order valence-corrected chi connectivity index (χ3v) is 8.76. The van der Waals surface area contributed by atoms with Gasteiger partial charge in [0.1, 0.15) is 6.04 Å². The highest BCUT2D eigenvalue weighted by atomic mass is 32.2. The van der Waals surface area contributed by atoms with Gasteiger partial charge in [0.05, 0.1) is 4.90 Å². The SMILES string of the molecule is CN1CCN(C(=O)CC[C@@H]2CNC(=O)[C@H]3[C@@H](CCN3Cc3ccc(S(C)(=O)=O)cc3)N2C)CC1. The average molecular weight is 492 g/mol. The molecule has 0 aliphatic carbocycles. The number of hydrogen-bond donors (Lipinski definition) is 1. The molecule has 188 valence electrons. The summed E-state index contributed by atoms with van der Waals surface area (Å²) in [6, 6.07) is 6.89. The van der Waals surface area contributed by atoms with E-state index in [9.17, 15) is 18.0 Å². The van der Waals surface area contributed by atoms with E-state index in [2.05, 4.69) is 34.1 Å². The first kappa shape index (κ1) is 25.1. The Hall–Kier alpha value is -2.01. The number of likely N-dealkylation sites (N-methyl/N-ethyl adjacent to an activating group) is 2. The van der Waals surface area contributed by atoms with Gasteiger partial charge in [-0.25, -0.2) is 8.42 Å². The largest absolute Gasteiger partial charge is 0.353 e. The van der Waals surface area contributed by atoms with E-state index in [1.165, 1.54) is 6.26 Å². The third kappa shape index (κ3) is 5.62. The van der Waals surface area contributed by atoms with E-state index in [-0.39, 0.29) is 29.9 Å². The summed E-state index contributed by atoms with van der Waals surface area (Å²) in [6.45, 7) is 5.36. The van der Waals surface area contributed by atoms with Gasteiger partial charge in [0, 0.05) is 70.6 Å². The number of nitrogens with one attached hydrogen (secondary N) is 1. The van der Waals surface area contributed by atoms with Crippen LogP contribution in [0.5, 0.6) is 0 Å². The Morgan fingerprint density at radius 2 is 1.74 bits per heavy atom. The first-order valence-corrected chi connectivity index (χ1v) is 14.0. The van der Waals surface area contributed by atoms with Gasteiger partial charge in [0.25, 0.3) is 0 Å². The van der Waals surface area contributed by atoms with E-state index in [0.717, 1.165) is 51.1 Å². The lowest BCUT2D eigenvalue weighted by atomic mass is 10.0. The highest BCUT2D eigenvalue weighted by Crippen LogP contribution is 2.29. The summed E-state index contributed by atoms with van der Waals surface area (Å²) in [5.74, 6) is 0.245. The standard InChI is InChI=1S/C24H37N5O4S/c1-26-12-14-28(15-13-26)22(30)9-6-19-16-25-24(31)23-21(27(19)2)10-11-29(23)17-18-4-7-20(8-5-18)34(3,32)33/h4-5,7-8,19,21,23H,6,9-17H2,1-3H3,(H,25,31)/t19-,21-,23-/m1/s1. The maximum atomic E-state index is 13.1. The lowest BCUT2D eigenvalue weighted by Gasteiger charge is -2.35. The molecule has 3 fully saturated rings. The van der Waals surface area contributed by atoms with Crippen molar-refractivity contribution in [2.45, 2.75) is 48.8 Å². The van der Waals surface area contributed by atoms with Gasteiger partial charge in [-0.05, 0) is 44.6 Å². The summed E-state index contributed by atoms with van der Waals surface area (Å²) in [5.41, 5.74) is 0.988. The molecule has 0 spiro atoms. The Labute approximate surface area is 203 Å². The van der Waals surface area contributed by atoms with Gasteiger partial charge in [-0.2, -0.15) is 0 Å². The van der Waals surface area contributed by atoms with Crippen molar-refractivity contribution in [2.75, 3.05) is 59.6 Å². The fraction of sp³-hybridized carbons (Fsp3) is 0.667. The van der Waals surface area contributed by atoms with Gasteiger partial charge < -0.3 is 15.1 Å². The number of carbonyl (C=O) groups excluding carboxylic acids is 2. The van der Waals surface area contributed by atoms with Crippen LogP contribution in [0.1, 0.15) is 24.8 Å². The average Bonchev–Trinajstić information content (AvgIpc) is 3.17. The quantitative estimate of drug-likeness (QED) is 0.600. The molecule has 1 aromatic rings. The Morgan fingerprint density at radius 3 is 2.38 bits per heavy atom. The van der Waals surface area contributed by atoms with Crippen molar-refractivity contribution >= 4 is 21.7 Å². The second kappa shape index (κ2) is 10.3. The number of carbonyl (C=O) groups is 2. The molecule has 1 N–H and O–H groups in total. The van der Waals surface area contributed by atoms with Crippen molar-refractivity contribution < 1.29 is 18.0 Å². The van der Waals surface area contributed by atoms with E-state index >= 15 is 0 Å². The summed E-state index contributed by atoms with van der Waals surface area (Å²) in [7, 11) is 0.929. The summed E-state index contributed by atoms with van der Waals surface area (Å²) in [4.78, 5) is 34.8. The highest BCUT2D eigenvalue weighted by molar-refractivity contribution is 7.90. The lowest BCUT2D eigenvalue weighted by molar-refractivity contribution is -0.133. The Balaban J connectivity index is 1.36. The molecular weight excluding hydrogens is 454 g/mol. The molecule has 2 amide bonds. The normalized spacial score (nSPS) is 27.3. The van der Waals surface area contributed by atoms with Crippen molar-refractivity contribution in [1.82, 2.24) is 24.9 Å². The number of fused-ring (bicyclic) bond motifs is 1. The van der Waals surface area contributed by atoms with Crippen molar-refractivity contribution in [3.63, 3.8) is 0 Å². The first-order chi connectivity index (χ1) is 16.1. The van der Waals surface area contributed by atoms with Crippen LogP contribution in [0.25, 0.3) is 0 Å². The van der Waals surface area contributed by atoms with Gasteiger partial charge in [-0.1, -0.05) is 12.1 Å². The van der Waals surface area contributed by atoms with Crippen LogP contribution in [0.2, 0.25) is 0 Å². The smallest absolute Gasteiger partial charge is 0.239 e. The van der Waals surface area contributed by atoms with Crippen molar-refractivity contribution in [3.8, 4) is 0 Å². The minimum atomic E-state index is -3.23. The zero-order valence-electron chi connectivity index (χ0n) is 20.4. The molecule has 0 aromatic heterocycles. The number of nitrogens with zero attached hydrogens (tertiary/aromatic N) is 4. The predicted molar refractivity (Wildman–Crippen MR) is 130 cm³/mol. The van der Waals surface area contributed by atoms with Crippen LogP contribution in [0.3, 0.4) is 0 Å². The van der Waals surface area contributed by atoms with Crippen LogP contribution in [0, 0.1) is 0 Å². The molecule has 0 saturated carbocycles. The molecule has 34 heavy (non-hydrogen) atoms. The van der Waals surface area contributed by atoms with E-state index < -0.39 is 9.84 Å². The maximum absolute atomic E-state index is 13.1. The Morgan fingerprint density at radius 1 is 1.06 bits per heavy atom. The fourth-order valence-electron chi connectivity index (χ4n) is 5.41.